The van der Waals surface area contributed by atoms with Gasteiger partial charge in [0.1, 0.15) is 5.76 Å². The van der Waals surface area contributed by atoms with Crippen LogP contribution in [0, 0.1) is 0 Å². The molecule has 2 aromatic carbocycles. The number of thioether (sulfide) groups is 1. The summed E-state index contributed by atoms with van der Waals surface area (Å²) >= 11 is 1.49. The van der Waals surface area contributed by atoms with E-state index in [1.54, 1.807) is 22.1 Å². The van der Waals surface area contributed by atoms with E-state index in [-0.39, 0.29) is 30.9 Å². The molecule has 1 fully saturated rings. The summed E-state index contributed by atoms with van der Waals surface area (Å²) in [7, 11) is 0. The first-order valence-electron chi connectivity index (χ1n) is 13.6. The van der Waals surface area contributed by atoms with Crippen molar-refractivity contribution in [1.29, 1.82) is 0 Å². The second kappa shape index (κ2) is 14.2. The number of hydrogen-bond acceptors (Lipinski definition) is 8. The summed E-state index contributed by atoms with van der Waals surface area (Å²) in [5.41, 5.74) is 0.911. The minimum Gasteiger partial charge on any atom is -0.467 e. The smallest absolute Gasteiger partial charge is 0.242 e. The molecule has 0 radical (unpaired) electrons. The Morgan fingerprint density at radius 1 is 0.875 bits per heavy atom. The average Bonchev–Trinajstić information content (AvgIpc) is 3.68. The number of morpholine rings is 1. The third-order valence-electron chi connectivity index (χ3n) is 6.88. The first-order valence-corrected chi connectivity index (χ1v) is 14.6. The zero-order valence-corrected chi connectivity index (χ0v) is 23.4. The fourth-order valence-electron chi connectivity index (χ4n) is 4.70. The minimum absolute atomic E-state index is 0.00253. The Morgan fingerprint density at radius 2 is 1.70 bits per heavy atom. The highest BCUT2D eigenvalue weighted by Gasteiger charge is 2.24. The number of rotatable bonds is 13. The maximum atomic E-state index is 13.8. The maximum Gasteiger partial charge on any atom is 0.242 e. The van der Waals surface area contributed by atoms with Gasteiger partial charge in [-0.15, -0.1) is 11.8 Å². The van der Waals surface area contributed by atoms with Gasteiger partial charge in [0.15, 0.2) is 11.5 Å². The molecule has 2 aliphatic heterocycles. The highest BCUT2D eigenvalue weighted by atomic mass is 32.2. The Balaban J connectivity index is 1.26. The van der Waals surface area contributed by atoms with Crippen LogP contribution in [0.1, 0.15) is 17.7 Å². The maximum absolute atomic E-state index is 13.8. The van der Waals surface area contributed by atoms with E-state index in [1.165, 1.54) is 11.8 Å². The fraction of sp³-hybridized carbons (Fsp3) is 0.400. The second-order valence-electron chi connectivity index (χ2n) is 9.74. The number of hydrogen-bond donors (Lipinski definition) is 0. The van der Waals surface area contributed by atoms with Crippen molar-refractivity contribution < 1.29 is 28.2 Å². The van der Waals surface area contributed by atoms with Crippen LogP contribution in [-0.4, -0.2) is 85.0 Å². The first kappa shape index (κ1) is 28.1. The monoisotopic (exact) mass is 565 g/mol. The quantitative estimate of drug-likeness (QED) is 0.289. The molecular weight excluding hydrogens is 530 g/mol. The third kappa shape index (κ3) is 8.03. The van der Waals surface area contributed by atoms with E-state index >= 15 is 0 Å². The van der Waals surface area contributed by atoms with E-state index in [1.807, 2.05) is 54.6 Å². The molecule has 0 unspecified atom stereocenters. The van der Waals surface area contributed by atoms with Gasteiger partial charge in [0, 0.05) is 37.6 Å². The van der Waals surface area contributed by atoms with Gasteiger partial charge in [0.2, 0.25) is 18.6 Å². The van der Waals surface area contributed by atoms with E-state index in [2.05, 4.69) is 4.90 Å². The Bertz CT molecular complexity index is 1230. The Hall–Kier alpha value is -3.47. The van der Waals surface area contributed by atoms with Gasteiger partial charge in [0.25, 0.3) is 0 Å². The summed E-state index contributed by atoms with van der Waals surface area (Å²) in [6.07, 6.45) is 2.39. The molecule has 1 aromatic heterocycles. The summed E-state index contributed by atoms with van der Waals surface area (Å²) < 4.78 is 22.0. The van der Waals surface area contributed by atoms with Crippen LogP contribution in [0.15, 0.2) is 76.2 Å². The molecule has 10 heteroatoms. The predicted molar refractivity (Wildman–Crippen MR) is 151 cm³/mol. The van der Waals surface area contributed by atoms with E-state index in [0.29, 0.717) is 36.9 Å². The van der Waals surface area contributed by atoms with Gasteiger partial charge in [-0.2, -0.15) is 0 Å². The van der Waals surface area contributed by atoms with Gasteiger partial charge >= 0.3 is 0 Å². The number of amides is 2. The molecule has 212 valence electrons. The van der Waals surface area contributed by atoms with Gasteiger partial charge in [-0.1, -0.05) is 24.3 Å². The van der Waals surface area contributed by atoms with Crippen molar-refractivity contribution in [2.75, 3.05) is 58.5 Å². The zero-order valence-electron chi connectivity index (χ0n) is 22.5. The highest BCUT2D eigenvalue weighted by Crippen LogP contribution is 2.33. The van der Waals surface area contributed by atoms with Crippen LogP contribution in [0.3, 0.4) is 0 Å². The molecule has 2 amide bonds. The number of ether oxygens (including phenoxy) is 3. The zero-order chi connectivity index (χ0) is 27.6. The minimum atomic E-state index is -0.140. The normalized spacial score (nSPS) is 14.7. The van der Waals surface area contributed by atoms with Gasteiger partial charge in [-0.3, -0.25) is 14.5 Å². The summed E-state index contributed by atoms with van der Waals surface area (Å²) in [6, 6.07) is 19.2. The number of carbonyl (C=O) groups is 2. The number of benzene rings is 2. The van der Waals surface area contributed by atoms with Gasteiger partial charge in [-0.05, 0) is 48.4 Å². The lowest BCUT2D eigenvalue weighted by atomic mass is 10.2. The molecule has 5 rings (SSSR count). The number of carbonyl (C=O) groups excluding carboxylic acids is 2. The molecule has 9 nitrogen and oxygen atoms in total. The predicted octanol–water partition coefficient (Wildman–Crippen LogP) is 3.88. The molecular formula is C30H35N3O6S. The number of fused-ring (bicyclic) bond motifs is 1. The van der Waals surface area contributed by atoms with E-state index in [0.717, 1.165) is 49.7 Å². The third-order valence-corrected chi connectivity index (χ3v) is 7.88. The van der Waals surface area contributed by atoms with Gasteiger partial charge in [0.05, 0.1) is 38.3 Å². The lowest BCUT2D eigenvalue weighted by Crippen LogP contribution is -2.44. The summed E-state index contributed by atoms with van der Waals surface area (Å²) in [5.74, 6) is 2.12. The Kier molecular flexibility index (Phi) is 10.00. The average molecular weight is 566 g/mol. The van der Waals surface area contributed by atoms with Crippen molar-refractivity contribution in [3.8, 4) is 11.5 Å². The van der Waals surface area contributed by atoms with E-state index < -0.39 is 0 Å². The first-order chi connectivity index (χ1) is 19.6. The number of nitrogens with zero attached hydrogens (tertiary/aromatic N) is 3. The van der Waals surface area contributed by atoms with Crippen molar-refractivity contribution >= 4 is 23.6 Å². The summed E-state index contributed by atoms with van der Waals surface area (Å²) in [6.45, 7) is 5.47. The molecule has 0 spiro atoms. The SMILES string of the molecule is O=C(CSc1ccccc1)N(CCCN1CCOCC1)CC(=O)N(Cc1ccc2c(c1)OCO2)Cc1ccco1. The molecule has 3 heterocycles. The highest BCUT2D eigenvalue weighted by molar-refractivity contribution is 8.00. The molecule has 0 N–H and O–H groups in total. The van der Waals surface area contributed by atoms with Crippen LogP contribution in [0.2, 0.25) is 0 Å². The van der Waals surface area contributed by atoms with Crippen molar-refractivity contribution in [2.45, 2.75) is 24.4 Å². The van der Waals surface area contributed by atoms with Crippen LogP contribution in [0.25, 0.3) is 0 Å². The van der Waals surface area contributed by atoms with Crippen molar-refractivity contribution in [3.63, 3.8) is 0 Å². The van der Waals surface area contributed by atoms with Crippen molar-refractivity contribution in [1.82, 2.24) is 14.7 Å². The van der Waals surface area contributed by atoms with Gasteiger partial charge < -0.3 is 28.4 Å². The Labute approximate surface area is 239 Å². The van der Waals surface area contributed by atoms with Crippen LogP contribution in [-0.2, 0) is 27.4 Å². The molecule has 0 atom stereocenters. The van der Waals surface area contributed by atoms with Crippen molar-refractivity contribution in [3.05, 3.63) is 78.3 Å². The lowest BCUT2D eigenvalue weighted by molar-refractivity contribution is -0.140. The largest absolute Gasteiger partial charge is 0.467 e. The molecule has 3 aromatic rings. The van der Waals surface area contributed by atoms with E-state index in [4.69, 9.17) is 18.6 Å². The summed E-state index contributed by atoms with van der Waals surface area (Å²) in [4.78, 5) is 34.0. The van der Waals surface area contributed by atoms with Crippen LogP contribution in [0.4, 0.5) is 0 Å². The molecule has 40 heavy (non-hydrogen) atoms. The van der Waals surface area contributed by atoms with Gasteiger partial charge in [-0.25, -0.2) is 0 Å². The van der Waals surface area contributed by atoms with Crippen LogP contribution < -0.4 is 9.47 Å². The number of furan rings is 1. The second-order valence-corrected chi connectivity index (χ2v) is 10.8. The topological polar surface area (TPSA) is 84.7 Å². The fourth-order valence-corrected chi connectivity index (χ4v) is 5.52. The van der Waals surface area contributed by atoms with Crippen LogP contribution >= 0.6 is 11.8 Å². The van der Waals surface area contributed by atoms with Crippen molar-refractivity contribution in [2.24, 2.45) is 0 Å². The molecule has 0 bridgehead atoms. The molecule has 2 aliphatic rings. The van der Waals surface area contributed by atoms with E-state index in [9.17, 15) is 9.59 Å². The molecule has 0 aliphatic carbocycles. The Morgan fingerprint density at radius 3 is 2.50 bits per heavy atom. The lowest BCUT2D eigenvalue weighted by Gasteiger charge is -2.30. The molecule has 0 saturated carbocycles. The molecule has 1 saturated heterocycles. The van der Waals surface area contributed by atoms with Crippen LogP contribution in [0.5, 0.6) is 11.5 Å². The standard InChI is InChI=1S/C30H35N3O6S/c34-29(33(20-25-6-4-15-37-25)19-24-9-10-27-28(18-24)39-23-38-27)21-32(12-5-11-31-13-16-36-17-14-31)30(35)22-40-26-7-2-1-3-8-26/h1-4,6-10,15,18H,5,11-14,16-17,19-23H2. The summed E-state index contributed by atoms with van der Waals surface area (Å²) in [5, 5.41) is 0.